The number of carbonyl (C=O) groups is 2. The van der Waals surface area contributed by atoms with Gasteiger partial charge in [-0.3, -0.25) is 19.4 Å². The average molecular weight is 361 g/mol. The van der Waals surface area contributed by atoms with E-state index in [1.54, 1.807) is 19.0 Å². The van der Waals surface area contributed by atoms with Crippen molar-refractivity contribution >= 4 is 17.5 Å². The first-order valence-corrected chi connectivity index (χ1v) is 9.50. The molecule has 1 aliphatic rings. The van der Waals surface area contributed by atoms with Gasteiger partial charge in [0, 0.05) is 46.0 Å². The second-order valence-electron chi connectivity index (χ2n) is 7.05. The Balaban J connectivity index is 1.86. The van der Waals surface area contributed by atoms with Crippen LogP contribution in [-0.4, -0.2) is 79.9 Å². The molecule has 2 amide bonds. The Morgan fingerprint density at radius 3 is 1.92 bits per heavy atom. The third kappa shape index (κ3) is 5.54. The highest BCUT2D eigenvalue weighted by atomic mass is 16.2. The molecule has 6 nitrogen and oxygen atoms in total. The zero-order valence-corrected chi connectivity index (χ0v) is 16.5. The zero-order chi connectivity index (χ0) is 19.1. The van der Waals surface area contributed by atoms with Crippen molar-refractivity contribution in [2.75, 3.05) is 58.7 Å². The monoisotopic (exact) mass is 360 g/mol. The molecule has 2 rings (SSSR count). The van der Waals surface area contributed by atoms with Crippen LogP contribution in [-0.2, 0) is 22.4 Å². The molecular weight excluding hydrogens is 328 g/mol. The van der Waals surface area contributed by atoms with Crippen molar-refractivity contribution in [2.45, 2.75) is 26.7 Å². The minimum absolute atomic E-state index is 0.0402. The Kier molecular flexibility index (Phi) is 7.60. The summed E-state index contributed by atoms with van der Waals surface area (Å²) in [5.41, 5.74) is 3.35. The molecule has 0 saturated carbocycles. The highest BCUT2D eigenvalue weighted by Gasteiger charge is 2.21. The predicted molar refractivity (Wildman–Crippen MR) is 105 cm³/mol. The summed E-state index contributed by atoms with van der Waals surface area (Å²) in [4.78, 5) is 30.3. The van der Waals surface area contributed by atoms with Crippen LogP contribution in [0.1, 0.15) is 25.0 Å². The van der Waals surface area contributed by atoms with Gasteiger partial charge in [0.2, 0.25) is 11.8 Å². The van der Waals surface area contributed by atoms with Crippen LogP contribution in [0.15, 0.2) is 18.2 Å². The average Bonchev–Trinajstić information content (AvgIpc) is 2.63. The Hall–Kier alpha value is -1.92. The largest absolute Gasteiger partial charge is 0.348 e. The summed E-state index contributed by atoms with van der Waals surface area (Å²) in [5.74, 6) is 0.165. The number of aryl methyl sites for hydroxylation is 2. The summed E-state index contributed by atoms with van der Waals surface area (Å²) in [6.45, 7) is 8.33. The maximum absolute atomic E-state index is 12.5. The molecule has 144 valence electrons. The molecule has 1 N–H and O–H groups in total. The van der Waals surface area contributed by atoms with Gasteiger partial charge >= 0.3 is 0 Å². The number of hydrogen-bond donors (Lipinski definition) is 1. The van der Waals surface area contributed by atoms with Gasteiger partial charge in [0.15, 0.2) is 0 Å². The van der Waals surface area contributed by atoms with E-state index in [1.165, 1.54) is 11.1 Å². The number of amides is 2. The van der Waals surface area contributed by atoms with Crippen LogP contribution in [0.4, 0.5) is 5.69 Å². The van der Waals surface area contributed by atoms with Gasteiger partial charge in [0.25, 0.3) is 0 Å². The Morgan fingerprint density at radius 1 is 0.962 bits per heavy atom. The molecule has 6 heteroatoms. The molecule has 0 atom stereocenters. The Morgan fingerprint density at radius 2 is 1.46 bits per heavy atom. The van der Waals surface area contributed by atoms with Gasteiger partial charge in [-0.05, 0) is 24.0 Å². The number of anilines is 1. The summed E-state index contributed by atoms with van der Waals surface area (Å²) in [6.07, 6.45) is 1.81. The second kappa shape index (κ2) is 9.69. The summed E-state index contributed by atoms with van der Waals surface area (Å²) >= 11 is 0. The normalized spacial score (nSPS) is 15.7. The van der Waals surface area contributed by atoms with E-state index in [9.17, 15) is 9.59 Å². The molecular formula is C20H32N4O2. The Bertz CT molecular complexity index is 600. The molecule has 1 heterocycles. The van der Waals surface area contributed by atoms with Gasteiger partial charge < -0.3 is 10.2 Å². The minimum atomic E-state index is 0.0402. The number of hydrogen-bond acceptors (Lipinski definition) is 4. The second-order valence-corrected chi connectivity index (χ2v) is 7.05. The molecule has 1 aromatic rings. The number of carbonyl (C=O) groups excluding carboxylic acids is 2. The summed E-state index contributed by atoms with van der Waals surface area (Å²) in [7, 11) is 3.56. The minimum Gasteiger partial charge on any atom is -0.348 e. The fourth-order valence-corrected chi connectivity index (χ4v) is 3.22. The summed E-state index contributed by atoms with van der Waals surface area (Å²) in [5, 5.41) is 3.13. The summed E-state index contributed by atoms with van der Waals surface area (Å²) in [6, 6.07) is 6.21. The molecule has 1 aliphatic heterocycles. The van der Waals surface area contributed by atoms with Crippen molar-refractivity contribution in [3.05, 3.63) is 29.3 Å². The number of nitrogens with one attached hydrogen (secondary N) is 1. The van der Waals surface area contributed by atoms with Crippen LogP contribution in [0, 0.1) is 0 Å². The van der Waals surface area contributed by atoms with E-state index in [-0.39, 0.29) is 11.8 Å². The van der Waals surface area contributed by atoms with Gasteiger partial charge in [-0.15, -0.1) is 0 Å². The Labute approximate surface area is 157 Å². The molecule has 0 aromatic heterocycles. The number of likely N-dealkylation sites (N-methyl/N-ethyl adjacent to an activating group) is 1. The number of nitrogens with zero attached hydrogens (tertiary/aromatic N) is 3. The van der Waals surface area contributed by atoms with Crippen LogP contribution in [0.2, 0.25) is 0 Å². The number of rotatable bonds is 7. The highest BCUT2D eigenvalue weighted by Crippen LogP contribution is 2.22. The van der Waals surface area contributed by atoms with Crippen molar-refractivity contribution in [3.8, 4) is 0 Å². The van der Waals surface area contributed by atoms with Crippen LogP contribution in [0.25, 0.3) is 0 Å². The standard InChI is InChI=1S/C20H32N4O2/c1-5-16-8-7-9-17(6-2)20(16)21-18(25)14-23-10-12-24(13-11-23)15-19(26)22(3)4/h7-9H,5-6,10-15H2,1-4H3,(H,21,25). The lowest BCUT2D eigenvalue weighted by Crippen LogP contribution is -2.50. The number of piperazine rings is 1. The van der Waals surface area contributed by atoms with E-state index in [0.29, 0.717) is 13.1 Å². The van der Waals surface area contributed by atoms with Crippen LogP contribution in [0.5, 0.6) is 0 Å². The van der Waals surface area contributed by atoms with E-state index in [1.807, 2.05) is 0 Å². The smallest absolute Gasteiger partial charge is 0.238 e. The predicted octanol–water partition coefficient (Wildman–Crippen LogP) is 1.46. The van der Waals surface area contributed by atoms with E-state index >= 15 is 0 Å². The van der Waals surface area contributed by atoms with Crippen molar-refractivity contribution < 1.29 is 9.59 Å². The molecule has 0 bridgehead atoms. The third-order valence-corrected chi connectivity index (χ3v) is 4.95. The lowest BCUT2D eigenvalue weighted by atomic mass is 10.0. The first kappa shape index (κ1) is 20.4. The quantitative estimate of drug-likeness (QED) is 0.800. The summed E-state index contributed by atoms with van der Waals surface area (Å²) < 4.78 is 0. The molecule has 26 heavy (non-hydrogen) atoms. The molecule has 0 spiro atoms. The highest BCUT2D eigenvalue weighted by molar-refractivity contribution is 5.93. The van der Waals surface area contributed by atoms with Gasteiger partial charge in [-0.2, -0.15) is 0 Å². The van der Waals surface area contributed by atoms with Crippen LogP contribution >= 0.6 is 0 Å². The van der Waals surface area contributed by atoms with E-state index in [2.05, 4.69) is 47.2 Å². The zero-order valence-electron chi connectivity index (χ0n) is 16.5. The lowest BCUT2D eigenvalue weighted by molar-refractivity contribution is -0.130. The third-order valence-electron chi connectivity index (χ3n) is 4.95. The van der Waals surface area contributed by atoms with Crippen molar-refractivity contribution in [3.63, 3.8) is 0 Å². The first-order chi connectivity index (χ1) is 12.4. The van der Waals surface area contributed by atoms with Gasteiger partial charge in [-0.1, -0.05) is 32.0 Å². The van der Waals surface area contributed by atoms with E-state index in [0.717, 1.165) is 44.7 Å². The molecule has 0 unspecified atom stereocenters. The van der Waals surface area contributed by atoms with Gasteiger partial charge in [0.05, 0.1) is 13.1 Å². The van der Waals surface area contributed by atoms with Crippen molar-refractivity contribution in [1.82, 2.24) is 14.7 Å². The van der Waals surface area contributed by atoms with Gasteiger partial charge in [0.1, 0.15) is 0 Å². The first-order valence-electron chi connectivity index (χ1n) is 9.50. The van der Waals surface area contributed by atoms with E-state index in [4.69, 9.17) is 0 Å². The molecule has 1 saturated heterocycles. The van der Waals surface area contributed by atoms with Crippen LogP contribution in [0.3, 0.4) is 0 Å². The van der Waals surface area contributed by atoms with Crippen molar-refractivity contribution in [1.29, 1.82) is 0 Å². The molecule has 1 fully saturated rings. The van der Waals surface area contributed by atoms with Crippen molar-refractivity contribution in [2.24, 2.45) is 0 Å². The van der Waals surface area contributed by atoms with E-state index < -0.39 is 0 Å². The maximum atomic E-state index is 12.5. The fourth-order valence-electron chi connectivity index (χ4n) is 3.22. The molecule has 1 aromatic carbocycles. The lowest BCUT2D eigenvalue weighted by Gasteiger charge is -2.34. The van der Waals surface area contributed by atoms with Gasteiger partial charge in [-0.25, -0.2) is 0 Å². The fraction of sp³-hybridized carbons (Fsp3) is 0.600. The topological polar surface area (TPSA) is 55.9 Å². The number of benzene rings is 1. The molecule has 0 radical (unpaired) electrons. The van der Waals surface area contributed by atoms with Crippen LogP contribution < -0.4 is 5.32 Å². The molecule has 0 aliphatic carbocycles. The maximum Gasteiger partial charge on any atom is 0.238 e. The number of para-hydroxylation sites is 1. The SMILES string of the molecule is CCc1cccc(CC)c1NC(=O)CN1CCN(CC(=O)N(C)C)CC1.